The van der Waals surface area contributed by atoms with Crippen LogP contribution in [0.3, 0.4) is 0 Å². The monoisotopic (exact) mass is 269 g/mol. The number of benzene rings is 1. The second kappa shape index (κ2) is 4.33. The van der Waals surface area contributed by atoms with Crippen LogP contribution in [-0.4, -0.2) is 17.6 Å². The normalized spacial score (nSPS) is 20.5. The summed E-state index contributed by atoms with van der Waals surface area (Å²) in [6, 6.07) is 5.26. The van der Waals surface area contributed by atoms with Gasteiger partial charge in [-0.2, -0.15) is 0 Å². The van der Waals surface area contributed by atoms with Crippen molar-refractivity contribution < 1.29 is 9.90 Å². The number of hydrogen-bond donors (Lipinski definition) is 2. The van der Waals surface area contributed by atoms with Gasteiger partial charge in [0.2, 0.25) is 0 Å². The lowest BCUT2D eigenvalue weighted by atomic mass is 9.99. The van der Waals surface area contributed by atoms with Gasteiger partial charge in [-0.1, -0.05) is 28.1 Å². The average Bonchev–Trinajstić information content (AvgIpc) is 2.40. The van der Waals surface area contributed by atoms with Gasteiger partial charge in [0.25, 0.3) is 0 Å². The molecule has 0 saturated carbocycles. The highest BCUT2D eigenvalue weighted by Gasteiger charge is 2.25. The van der Waals surface area contributed by atoms with Crippen LogP contribution < -0.4 is 5.32 Å². The maximum Gasteiger partial charge on any atom is 0.325 e. The van der Waals surface area contributed by atoms with Crippen molar-refractivity contribution in [3.63, 3.8) is 0 Å². The fraction of sp³-hybridized carbons (Fsp3) is 0.364. The number of aryl methyl sites for hydroxylation is 1. The molecule has 4 heteroatoms. The lowest BCUT2D eigenvalue weighted by Crippen LogP contribution is -2.28. The van der Waals surface area contributed by atoms with Crippen LogP contribution in [-0.2, 0) is 11.2 Å². The lowest BCUT2D eigenvalue weighted by Gasteiger charge is -2.15. The van der Waals surface area contributed by atoms with Crippen molar-refractivity contribution in [2.75, 3.05) is 6.54 Å². The molecule has 0 fully saturated rings. The molecule has 2 rings (SSSR count). The first-order valence-corrected chi connectivity index (χ1v) is 5.73. The predicted molar refractivity (Wildman–Crippen MR) is 60.8 cm³/mol. The van der Waals surface area contributed by atoms with E-state index in [-0.39, 0.29) is 0 Å². The third-order valence-corrected chi connectivity index (χ3v) is 3.34. The molecule has 0 spiro atoms. The van der Waals surface area contributed by atoms with Crippen molar-refractivity contribution >= 4 is 21.9 Å². The average molecular weight is 270 g/mol. The highest BCUT2D eigenvalue weighted by molar-refractivity contribution is 9.10. The number of halogens is 1. The second-order valence-electron chi connectivity index (χ2n) is 3.64. The molecule has 0 bridgehead atoms. The Balaban J connectivity index is 2.51. The third kappa shape index (κ3) is 2.06. The summed E-state index contributed by atoms with van der Waals surface area (Å²) in [5, 5.41) is 12.2. The van der Waals surface area contributed by atoms with E-state index in [2.05, 4.69) is 21.2 Å². The zero-order valence-electron chi connectivity index (χ0n) is 8.16. The molecule has 80 valence electrons. The number of rotatable bonds is 1. The molecule has 15 heavy (non-hydrogen) atoms. The Labute approximate surface area is 96.6 Å². The summed E-state index contributed by atoms with van der Waals surface area (Å²) in [7, 11) is 0. The van der Waals surface area contributed by atoms with Gasteiger partial charge in [0.05, 0.1) is 0 Å². The highest BCUT2D eigenvalue weighted by atomic mass is 79.9. The van der Waals surface area contributed by atoms with Crippen molar-refractivity contribution in [3.8, 4) is 0 Å². The summed E-state index contributed by atoms with van der Waals surface area (Å²) in [4.78, 5) is 11.1. The first-order chi connectivity index (χ1) is 7.20. The quantitative estimate of drug-likeness (QED) is 0.821. The van der Waals surface area contributed by atoms with Gasteiger partial charge in [0, 0.05) is 4.47 Å². The Morgan fingerprint density at radius 1 is 1.53 bits per heavy atom. The van der Waals surface area contributed by atoms with Crippen LogP contribution in [0.2, 0.25) is 0 Å². The fourth-order valence-corrected chi connectivity index (χ4v) is 2.60. The minimum absolute atomic E-state index is 0.585. The molecule has 0 radical (unpaired) electrons. The Morgan fingerprint density at radius 2 is 2.33 bits per heavy atom. The predicted octanol–water partition coefficient (Wildman–Crippen LogP) is 2.11. The molecule has 1 aromatic carbocycles. The van der Waals surface area contributed by atoms with Gasteiger partial charge in [-0.15, -0.1) is 0 Å². The van der Waals surface area contributed by atoms with Crippen LogP contribution in [0.25, 0.3) is 0 Å². The van der Waals surface area contributed by atoms with E-state index in [4.69, 9.17) is 5.11 Å². The van der Waals surface area contributed by atoms with Crippen LogP contribution in [0.4, 0.5) is 0 Å². The summed E-state index contributed by atoms with van der Waals surface area (Å²) in [6.45, 7) is 0.748. The van der Waals surface area contributed by atoms with Gasteiger partial charge in [-0.25, -0.2) is 0 Å². The van der Waals surface area contributed by atoms with Crippen molar-refractivity contribution in [1.29, 1.82) is 0 Å². The minimum atomic E-state index is -0.815. The third-order valence-electron chi connectivity index (χ3n) is 2.65. The summed E-state index contributed by atoms with van der Waals surface area (Å²) in [5.41, 5.74) is 2.00. The van der Waals surface area contributed by atoms with Crippen LogP contribution in [0.15, 0.2) is 22.7 Å². The Kier molecular flexibility index (Phi) is 3.07. The van der Waals surface area contributed by atoms with Gasteiger partial charge in [-0.05, 0) is 36.6 Å². The molecule has 0 saturated heterocycles. The Hall–Kier alpha value is -0.870. The lowest BCUT2D eigenvalue weighted by molar-refractivity contribution is -0.139. The Morgan fingerprint density at radius 3 is 3.07 bits per heavy atom. The number of carboxylic acids is 1. The molecule has 1 unspecified atom stereocenters. The van der Waals surface area contributed by atoms with Gasteiger partial charge in [0.1, 0.15) is 6.04 Å². The molecule has 0 aromatic heterocycles. The summed E-state index contributed by atoms with van der Waals surface area (Å²) >= 11 is 3.42. The number of carboxylic acid groups (broad SMARTS) is 1. The van der Waals surface area contributed by atoms with Crippen molar-refractivity contribution in [2.24, 2.45) is 0 Å². The van der Waals surface area contributed by atoms with E-state index in [1.54, 1.807) is 0 Å². The van der Waals surface area contributed by atoms with Crippen LogP contribution in [0.1, 0.15) is 23.6 Å². The standard InChI is InChI=1S/C11H12BrNO2/c12-8-5-1-3-7-4-2-6-13-10(9(7)8)11(14)15/h1,3,5,10,13H,2,4,6H2,(H,14,15). The highest BCUT2D eigenvalue weighted by Crippen LogP contribution is 2.29. The molecular weight excluding hydrogens is 258 g/mol. The largest absolute Gasteiger partial charge is 0.480 e. The molecule has 1 aromatic rings. The van der Waals surface area contributed by atoms with Crippen LogP contribution >= 0.6 is 15.9 Å². The van der Waals surface area contributed by atoms with Gasteiger partial charge >= 0.3 is 5.97 Å². The molecule has 1 aliphatic rings. The molecule has 1 aliphatic heterocycles. The zero-order valence-corrected chi connectivity index (χ0v) is 9.75. The SMILES string of the molecule is O=C(O)C1NCCCc2cccc(Br)c21. The zero-order chi connectivity index (χ0) is 10.8. The van der Waals surface area contributed by atoms with E-state index >= 15 is 0 Å². The maximum atomic E-state index is 11.1. The number of fused-ring (bicyclic) bond motifs is 1. The maximum absolute atomic E-state index is 11.1. The Bertz CT molecular complexity index is 392. The molecule has 3 nitrogen and oxygen atoms in total. The number of nitrogens with one attached hydrogen (secondary N) is 1. The van der Waals surface area contributed by atoms with Crippen molar-refractivity contribution in [3.05, 3.63) is 33.8 Å². The molecule has 1 atom stereocenters. The van der Waals surface area contributed by atoms with E-state index in [1.165, 1.54) is 0 Å². The first-order valence-electron chi connectivity index (χ1n) is 4.93. The molecule has 0 amide bonds. The molecular formula is C11H12BrNO2. The van der Waals surface area contributed by atoms with Crippen molar-refractivity contribution in [2.45, 2.75) is 18.9 Å². The number of hydrogen-bond acceptors (Lipinski definition) is 2. The smallest absolute Gasteiger partial charge is 0.325 e. The van der Waals surface area contributed by atoms with E-state index in [1.807, 2.05) is 18.2 Å². The van der Waals surface area contributed by atoms with E-state index in [0.29, 0.717) is 0 Å². The second-order valence-corrected chi connectivity index (χ2v) is 4.50. The van der Waals surface area contributed by atoms with Crippen molar-refractivity contribution in [1.82, 2.24) is 5.32 Å². The van der Waals surface area contributed by atoms with E-state index < -0.39 is 12.0 Å². The van der Waals surface area contributed by atoms with Crippen LogP contribution in [0.5, 0.6) is 0 Å². The van der Waals surface area contributed by atoms with E-state index in [9.17, 15) is 4.79 Å². The summed E-state index contributed by atoms with van der Waals surface area (Å²) in [6.07, 6.45) is 1.92. The fourth-order valence-electron chi connectivity index (χ4n) is 1.96. The minimum Gasteiger partial charge on any atom is -0.480 e. The number of carbonyl (C=O) groups is 1. The molecule has 0 aliphatic carbocycles. The topological polar surface area (TPSA) is 49.3 Å². The van der Waals surface area contributed by atoms with Gasteiger partial charge in [0.15, 0.2) is 0 Å². The van der Waals surface area contributed by atoms with E-state index in [0.717, 1.165) is 35.0 Å². The molecule has 1 heterocycles. The van der Waals surface area contributed by atoms with Crippen LogP contribution in [0, 0.1) is 0 Å². The van der Waals surface area contributed by atoms with Gasteiger partial charge < -0.3 is 10.4 Å². The number of aliphatic carboxylic acids is 1. The molecule has 2 N–H and O–H groups in total. The first kappa shape index (κ1) is 10.6. The summed E-state index contributed by atoms with van der Waals surface area (Å²) < 4.78 is 0.877. The van der Waals surface area contributed by atoms with Gasteiger partial charge in [-0.3, -0.25) is 4.79 Å². The summed E-state index contributed by atoms with van der Waals surface area (Å²) in [5.74, 6) is -0.815.